The normalized spacial score (nSPS) is 14.7. The van der Waals surface area contributed by atoms with Gasteiger partial charge in [0.25, 0.3) is 0 Å². The van der Waals surface area contributed by atoms with Gasteiger partial charge in [0.15, 0.2) is 0 Å². The molecular formula is C17H37N. The third-order valence-corrected chi connectivity index (χ3v) is 4.00. The van der Waals surface area contributed by atoms with E-state index in [1.54, 1.807) is 0 Å². The summed E-state index contributed by atoms with van der Waals surface area (Å²) in [5, 5.41) is 3.64. The highest BCUT2D eigenvalue weighted by atomic mass is 14.9. The zero-order chi connectivity index (χ0) is 13.7. The van der Waals surface area contributed by atoms with Gasteiger partial charge in [0.1, 0.15) is 0 Å². The molecule has 18 heavy (non-hydrogen) atoms. The van der Waals surface area contributed by atoms with Gasteiger partial charge in [-0.15, -0.1) is 0 Å². The average molecular weight is 255 g/mol. The van der Waals surface area contributed by atoms with E-state index in [9.17, 15) is 0 Å². The van der Waals surface area contributed by atoms with Crippen LogP contribution < -0.4 is 5.32 Å². The fourth-order valence-corrected chi connectivity index (χ4v) is 2.63. The van der Waals surface area contributed by atoms with Crippen LogP contribution in [0.4, 0.5) is 0 Å². The van der Waals surface area contributed by atoms with Crippen molar-refractivity contribution in [3.8, 4) is 0 Å². The van der Waals surface area contributed by atoms with Crippen LogP contribution in [-0.2, 0) is 0 Å². The van der Waals surface area contributed by atoms with Crippen molar-refractivity contribution in [3.63, 3.8) is 0 Å². The minimum Gasteiger partial charge on any atom is -0.316 e. The molecule has 1 unspecified atom stereocenters. The fraction of sp³-hybridized carbons (Fsp3) is 1.00. The molecule has 0 amide bonds. The molecule has 1 atom stereocenters. The lowest BCUT2D eigenvalue weighted by molar-refractivity contribution is 0.242. The quantitative estimate of drug-likeness (QED) is 0.426. The summed E-state index contributed by atoms with van der Waals surface area (Å²) in [6, 6.07) is 0. The second-order valence-electron chi connectivity index (χ2n) is 6.26. The van der Waals surface area contributed by atoms with Gasteiger partial charge < -0.3 is 5.32 Å². The number of hydrogen-bond donors (Lipinski definition) is 1. The van der Waals surface area contributed by atoms with Gasteiger partial charge in [0.05, 0.1) is 0 Å². The summed E-state index contributed by atoms with van der Waals surface area (Å²) in [4.78, 5) is 0. The highest BCUT2D eigenvalue weighted by molar-refractivity contribution is 4.77. The Morgan fingerprint density at radius 2 is 1.33 bits per heavy atom. The van der Waals surface area contributed by atoms with Crippen LogP contribution in [0.2, 0.25) is 0 Å². The summed E-state index contributed by atoms with van der Waals surface area (Å²) >= 11 is 0. The Bertz CT molecular complexity index is 167. The first kappa shape index (κ1) is 18.0. The maximum absolute atomic E-state index is 3.64. The van der Waals surface area contributed by atoms with Gasteiger partial charge in [0.2, 0.25) is 0 Å². The number of nitrogens with one attached hydrogen (secondary N) is 1. The standard InChI is InChI=1S/C17H37N/c1-5-8-10-11-12-14-17(4,13-9-6-2)16-18-15-7-3/h18H,5-16H2,1-4H3. The zero-order valence-electron chi connectivity index (χ0n) is 13.5. The maximum Gasteiger partial charge on any atom is 0.000516 e. The van der Waals surface area contributed by atoms with E-state index in [1.807, 2.05) is 0 Å². The summed E-state index contributed by atoms with van der Waals surface area (Å²) in [5.41, 5.74) is 0.539. The van der Waals surface area contributed by atoms with Gasteiger partial charge in [-0.3, -0.25) is 0 Å². The highest BCUT2D eigenvalue weighted by Gasteiger charge is 2.22. The van der Waals surface area contributed by atoms with Crippen molar-refractivity contribution >= 4 is 0 Å². The Morgan fingerprint density at radius 1 is 0.722 bits per heavy atom. The van der Waals surface area contributed by atoms with E-state index in [4.69, 9.17) is 0 Å². The highest BCUT2D eigenvalue weighted by Crippen LogP contribution is 2.30. The Morgan fingerprint density at radius 3 is 1.94 bits per heavy atom. The van der Waals surface area contributed by atoms with Crippen LogP contribution in [0.25, 0.3) is 0 Å². The van der Waals surface area contributed by atoms with E-state index in [-0.39, 0.29) is 0 Å². The van der Waals surface area contributed by atoms with Gasteiger partial charge in [-0.1, -0.05) is 72.6 Å². The molecule has 110 valence electrons. The van der Waals surface area contributed by atoms with Crippen LogP contribution in [0.15, 0.2) is 0 Å². The first-order chi connectivity index (χ1) is 8.68. The Hall–Kier alpha value is -0.0400. The Kier molecular flexibility index (Phi) is 12.0. The Labute approximate surface area is 116 Å². The van der Waals surface area contributed by atoms with E-state index >= 15 is 0 Å². The molecule has 0 aliphatic rings. The van der Waals surface area contributed by atoms with Crippen LogP contribution in [0.5, 0.6) is 0 Å². The lowest BCUT2D eigenvalue weighted by Gasteiger charge is -2.30. The second kappa shape index (κ2) is 12.0. The van der Waals surface area contributed by atoms with Crippen LogP contribution >= 0.6 is 0 Å². The summed E-state index contributed by atoms with van der Waals surface area (Å²) in [6.45, 7) is 11.7. The molecule has 0 saturated carbocycles. The van der Waals surface area contributed by atoms with E-state index in [2.05, 4.69) is 33.0 Å². The van der Waals surface area contributed by atoms with Gasteiger partial charge in [-0.05, 0) is 31.2 Å². The van der Waals surface area contributed by atoms with Crippen molar-refractivity contribution in [2.75, 3.05) is 13.1 Å². The zero-order valence-corrected chi connectivity index (χ0v) is 13.5. The van der Waals surface area contributed by atoms with Crippen molar-refractivity contribution in [2.24, 2.45) is 5.41 Å². The average Bonchev–Trinajstić information content (AvgIpc) is 2.37. The molecule has 0 spiro atoms. The van der Waals surface area contributed by atoms with Gasteiger partial charge >= 0.3 is 0 Å². The first-order valence-electron chi connectivity index (χ1n) is 8.39. The van der Waals surface area contributed by atoms with Crippen molar-refractivity contribution in [1.29, 1.82) is 0 Å². The third-order valence-electron chi connectivity index (χ3n) is 4.00. The predicted octanol–water partition coefficient (Wildman–Crippen LogP) is 5.54. The monoisotopic (exact) mass is 255 g/mol. The molecule has 0 fully saturated rings. The smallest absolute Gasteiger partial charge is 0.000516 e. The van der Waals surface area contributed by atoms with Crippen LogP contribution in [0.1, 0.15) is 91.9 Å². The lowest BCUT2D eigenvalue weighted by Crippen LogP contribution is -2.32. The SMILES string of the molecule is CCCCCCCC(C)(CCCC)CNCCC. The third kappa shape index (κ3) is 9.94. The molecule has 0 heterocycles. The van der Waals surface area contributed by atoms with Gasteiger partial charge in [-0.25, -0.2) is 0 Å². The van der Waals surface area contributed by atoms with Crippen molar-refractivity contribution in [3.05, 3.63) is 0 Å². The van der Waals surface area contributed by atoms with Crippen LogP contribution in [0, 0.1) is 5.41 Å². The minimum absolute atomic E-state index is 0.539. The van der Waals surface area contributed by atoms with Crippen LogP contribution in [-0.4, -0.2) is 13.1 Å². The van der Waals surface area contributed by atoms with Crippen molar-refractivity contribution in [1.82, 2.24) is 5.32 Å². The molecule has 0 rings (SSSR count). The molecule has 1 nitrogen and oxygen atoms in total. The molecule has 0 bridgehead atoms. The molecule has 1 N–H and O–H groups in total. The van der Waals surface area contributed by atoms with Crippen LogP contribution in [0.3, 0.4) is 0 Å². The molecule has 0 aromatic carbocycles. The molecule has 1 heteroatoms. The molecular weight excluding hydrogens is 218 g/mol. The molecule has 0 aliphatic carbocycles. The molecule has 0 radical (unpaired) electrons. The molecule has 0 saturated heterocycles. The largest absolute Gasteiger partial charge is 0.316 e. The molecule has 0 aromatic rings. The van der Waals surface area contributed by atoms with E-state index in [0.717, 1.165) is 0 Å². The predicted molar refractivity (Wildman–Crippen MR) is 84.2 cm³/mol. The summed E-state index contributed by atoms with van der Waals surface area (Å²) in [7, 11) is 0. The van der Waals surface area contributed by atoms with E-state index in [0.29, 0.717) is 5.41 Å². The summed E-state index contributed by atoms with van der Waals surface area (Å²) in [5.74, 6) is 0. The van der Waals surface area contributed by atoms with E-state index in [1.165, 1.54) is 77.3 Å². The minimum atomic E-state index is 0.539. The number of hydrogen-bond acceptors (Lipinski definition) is 1. The lowest BCUT2D eigenvalue weighted by atomic mass is 9.80. The van der Waals surface area contributed by atoms with E-state index < -0.39 is 0 Å². The summed E-state index contributed by atoms with van der Waals surface area (Å²) < 4.78 is 0. The van der Waals surface area contributed by atoms with Crippen molar-refractivity contribution < 1.29 is 0 Å². The van der Waals surface area contributed by atoms with Gasteiger partial charge in [-0.2, -0.15) is 0 Å². The maximum atomic E-state index is 3.64. The number of rotatable bonds is 13. The fourth-order valence-electron chi connectivity index (χ4n) is 2.63. The molecule has 0 aliphatic heterocycles. The van der Waals surface area contributed by atoms with Crippen molar-refractivity contribution in [2.45, 2.75) is 91.9 Å². The topological polar surface area (TPSA) is 12.0 Å². The summed E-state index contributed by atoms with van der Waals surface area (Å²) in [6.07, 6.45) is 13.8. The first-order valence-corrected chi connectivity index (χ1v) is 8.39. The number of unbranched alkanes of at least 4 members (excludes halogenated alkanes) is 5. The Balaban J connectivity index is 3.87. The second-order valence-corrected chi connectivity index (χ2v) is 6.26. The molecule has 0 aromatic heterocycles. The van der Waals surface area contributed by atoms with Gasteiger partial charge in [0, 0.05) is 6.54 Å².